The molecule has 0 saturated heterocycles. The summed E-state index contributed by atoms with van der Waals surface area (Å²) in [4.78, 5) is 11.4. The molecule has 0 fully saturated rings. The Morgan fingerprint density at radius 3 is 2.57 bits per heavy atom. The monoisotopic (exact) mass is 365 g/mol. The van der Waals surface area contributed by atoms with Gasteiger partial charge in [0, 0.05) is 37.0 Å². The minimum atomic E-state index is 0.385. The Morgan fingerprint density at radius 1 is 0.893 bits per heavy atom. The summed E-state index contributed by atoms with van der Waals surface area (Å²) in [6.45, 7) is 4.02. The summed E-state index contributed by atoms with van der Waals surface area (Å²) < 4.78 is 0. The molecule has 0 aliphatic carbocycles. The maximum Gasteiger partial charge on any atom is 0.0914 e. The first-order chi connectivity index (χ1) is 13.7. The van der Waals surface area contributed by atoms with Crippen LogP contribution in [0.1, 0.15) is 28.3 Å². The fourth-order valence-corrected chi connectivity index (χ4v) is 4.40. The van der Waals surface area contributed by atoms with Gasteiger partial charge in [-0.1, -0.05) is 54.6 Å². The number of hydrogen-bond donors (Lipinski definition) is 0. The molecule has 1 aromatic heterocycles. The Bertz CT molecular complexity index is 1170. The zero-order valence-corrected chi connectivity index (χ0v) is 16.3. The van der Waals surface area contributed by atoms with Crippen LogP contribution in [-0.2, 0) is 6.54 Å². The predicted molar refractivity (Wildman–Crippen MR) is 114 cm³/mol. The van der Waals surface area contributed by atoms with Gasteiger partial charge in [0.1, 0.15) is 0 Å². The lowest BCUT2D eigenvalue weighted by atomic mass is 9.83. The molecule has 1 atom stereocenters. The lowest BCUT2D eigenvalue weighted by Gasteiger charge is -2.33. The normalized spacial score (nSPS) is 16.9. The molecular weight excluding hydrogens is 342 g/mol. The average molecular weight is 365 g/mol. The van der Waals surface area contributed by atoms with E-state index in [9.17, 15) is 0 Å². The highest BCUT2D eigenvalue weighted by Gasteiger charge is 2.25. The van der Waals surface area contributed by atoms with E-state index in [-0.39, 0.29) is 0 Å². The van der Waals surface area contributed by atoms with Crippen LogP contribution < -0.4 is 0 Å². The van der Waals surface area contributed by atoms with Crippen molar-refractivity contribution in [3.8, 4) is 11.3 Å². The van der Waals surface area contributed by atoms with Crippen molar-refractivity contribution >= 4 is 10.8 Å². The van der Waals surface area contributed by atoms with Gasteiger partial charge in [0.2, 0.25) is 0 Å². The highest BCUT2D eigenvalue weighted by Crippen LogP contribution is 2.36. The third kappa shape index (κ3) is 2.98. The first-order valence-corrected chi connectivity index (χ1v) is 9.77. The summed E-state index contributed by atoms with van der Waals surface area (Å²) in [6.07, 6.45) is 3.52. The molecule has 0 spiro atoms. The predicted octanol–water partition coefficient (Wildman–Crippen LogP) is 5.18. The molecule has 0 bridgehead atoms. The van der Waals surface area contributed by atoms with E-state index in [2.05, 4.69) is 82.6 Å². The van der Waals surface area contributed by atoms with Crippen molar-refractivity contribution < 1.29 is 0 Å². The van der Waals surface area contributed by atoms with Crippen molar-refractivity contribution in [1.82, 2.24) is 14.9 Å². The summed E-state index contributed by atoms with van der Waals surface area (Å²) in [5.74, 6) is 0.385. The van der Waals surface area contributed by atoms with Crippen molar-refractivity contribution in [1.29, 1.82) is 0 Å². The zero-order valence-electron chi connectivity index (χ0n) is 16.3. The second-order valence-corrected chi connectivity index (χ2v) is 7.76. The number of fused-ring (bicyclic) bond motifs is 2. The van der Waals surface area contributed by atoms with Crippen LogP contribution in [0.3, 0.4) is 0 Å². The van der Waals surface area contributed by atoms with Crippen LogP contribution >= 0.6 is 0 Å². The fraction of sp³-hybridized carbons (Fsp3) is 0.200. The summed E-state index contributed by atoms with van der Waals surface area (Å²) in [7, 11) is 2.21. The van der Waals surface area contributed by atoms with Gasteiger partial charge in [-0.15, -0.1) is 0 Å². The van der Waals surface area contributed by atoms with Crippen molar-refractivity contribution in [3.05, 3.63) is 95.4 Å². The van der Waals surface area contributed by atoms with E-state index < -0.39 is 0 Å². The highest BCUT2D eigenvalue weighted by atomic mass is 15.1. The summed E-state index contributed by atoms with van der Waals surface area (Å²) in [6, 6.07) is 22.3. The maximum atomic E-state index is 4.55. The molecule has 3 nitrogen and oxygen atoms in total. The topological polar surface area (TPSA) is 29.0 Å². The quantitative estimate of drug-likeness (QED) is 0.490. The summed E-state index contributed by atoms with van der Waals surface area (Å²) >= 11 is 0. The first kappa shape index (κ1) is 17.1. The van der Waals surface area contributed by atoms with E-state index in [1.54, 1.807) is 12.4 Å². The van der Waals surface area contributed by atoms with Gasteiger partial charge < -0.3 is 4.90 Å². The van der Waals surface area contributed by atoms with Crippen molar-refractivity contribution in [2.24, 2.45) is 0 Å². The van der Waals surface area contributed by atoms with Gasteiger partial charge in [-0.05, 0) is 47.5 Å². The third-order valence-corrected chi connectivity index (χ3v) is 5.78. The van der Waals surface area contributed by atoms with Crippen LogP contribution in [-0.4, -0.2) is 28.5 Å². The maximum absolute atomic E-state index is 4.55. The molecule has 1 unspecified atom stereocenters. The molecule has 1 aliphatic heterocycles. The van der Waals surface area contributed by atoms with E-state index >= 15 is 0 Å². The van der Waals surface area contributed by atoms with Crippen molar-refractivity contribution in [2.45, 2.75) is 19.4 Å². The Labute approximate surface area is 165 Å². The number of benzene rings is 3. The first-order valence-electron chi connectivity index (χ1n) is 9.77. The molecule has 0 amide bonds. The number of likely N-dealkylation sites (N-methyl/N-ethyl adjacent to an activating group) is 1. The van der Waals surface area contributed by atoms with Crippen LogP contribution in [0.25, 0.3) is 22.0 Å². The molecular formula is C25H23N3. The van der Waals surface area contributed by atoms with Crippen LogP contribution in [0.2, 0.25) is 0 Å². The number of nitrogens with zero attached hydrogens (tertiary/aromatic N) is 3. The number of aromatic nitrogens is 2. The van der Waals surface area contributed by atoms with Gasteiger partial charge >= 0.3 is 0 Å². The fourth-order valence-electron chi connectivity index (χ4n) is 4.40. The van der Waals surface area contributed by atoms with Gasteiger partial charge in [0.05, 0.1) is 11.4 Å². The molecule has 3 heteroatoms. The second kappa shape index (κ2) is 6.84. The van der Waals surface area contributed by atoms with Crippen LogP contribution in [0, 0.1) is 6.92 Å². The Hall–Kier alpha value is -3.04. The van der Waals surface area contributed by atoms with Gasteiger partial charge in [-0.25, -0.2) is 0 Å². The second-order valence-electron chi connectivity index (χ2n) is 7.76. The van der Waals surface area contributed by atoms with Crippen LogP contribution in [0.4, 0.5) is 0 Å². The molecule has 138 valence electrons. The molecule has 0 radical (unpaired) electrons. The van der Waals surface area contributed by atoms with E-state index in [1.165, 1.54) is 27.5 Å². The SMILES string of the molecule is Cc1nccnc1-c1ccc2c(c1)CN(C)CC2c1ccc2ccccc2c1. The van der Waals surface area contributed by atoms with E-state index in [4.69, 9.17) is 0 Å². The minimum absolute atomic E-state index is 0.385. The van der Waals surface area contributed by atoms with Gasteiger partial charge in [-0.3, -0.25) is 9.97 Å². The van der Waals surface area contributed by atoms with E-state index in [0.717, 1.165) is 30.0 Å². The lowest BCUT2D eigenvalue weighted by molar-refractivity contribution is 0.295. The zero-order chi connectivity index (χ0) is 19.1. The number of hydrogen-bond acceptors (Lipinski definition) is 3. The highest BCUT2D eigenvalue weighted by molar-refractivity contribution is 5.83. The van der Waals surface area contributed by atoms with Gasteiger partial charge in [0.25, 0.3) is 0 Å². The summed E-state index contributed by atoms with van der Waals surface area (Å²) in [5.41, 5.74) is 7.29. The molecule has 5 rings (SSSR count). The molecule has 0 N–H and O–H groups in total. The standard InChI is InChI=1S/C25H23N3/c1-17-25(27-12-11-26-17)21-9-10-23-22(14-21)15-28(2)16-24(23)20-8-7-18-5-3-4-6-19(18)13-20/h3-14,24H,15-16H2,1-2H3. The number of rotatable bonds is 2. The molecule has 28 heavy (non-hydrogen) atoms. The van der Waals surface area contributed by atoms with Crippen molar-refractivity contribution in [2.75, 3.05) is 13.6 Å². The third-order valence-electron chi connectivity index (χ3n) is 5.78. The smallest absolute Gasteiger partial charge is 0.0914 e. The lowest BCUT2D eigenvalue weighted by Crippen LogP contribution is -2.31. The van der Waals surface area contributed by atoms with E-state index in [0.29, 0.717) is 5.92 Å². The Balaban J connectivity index is 1.60. The molecule has 3 aromatic carbocycles. The Kier molecular flexibility index (Phi) is 4.18. The molecule has 2 heterocycles. The van der Waals surface area contributed by atoms with Crippen LogP contribution in [0.5, 0.6) is 0 Å². The molecule has 0 saturated carbocycles. The average Bonchev–Trinajstić information content (AvgIpc) is 2.72. The van der Waals surface area contributed by atoms with E-state index in [1.807, 2.05) is 6.92 Å². The van der Waals surface area contributed by atoms with Crippen LogP contribution in [0.15, 0.2) is 73.1 Å². The number of aryl methyl sites for hydroxylation is 1. The van der Waals surface area contributed by atoms with Crippen molar-refractivity contribution in [3.63, 3.8) is 0 Å². The van der Waals surface area contributed by atoms with Gasteiger partial charge in [0.15, 0.2) is 0 Å². The molecule has 1 aliphatic rings. The molecule has 4 aromatic rings. The largest absolute Gasteiger partial charge is 0.301 e. The Morgan fingerprint density at radius 2 is 1.71 bits per heavy atom. The minimum Gasteiger partial charge on any atom is -0.301 e. The van der Waals surface area contributed by atoms with Gasteiger partial charge in [-0.2, -0.15) is 0 Å². The summed E-state index contributed by atoms with van der Waals surface area (Å²) in [5, 5.41) is 2.60.